The van der Waals surface area contributed by atoms with Crippen LogP contribution in [-0.4, -0.2) is 20.7 Å². The van der Waals surface area contributed by atoms with Gasteiger partial charge in [0, 0.05) is 30.1 Å². The third kappa shape index (κ3) is 4.75. The van der Waals surface area contributed by atoms with E-state index < -0.39 is 0 Å². The minimum absolute atomic E-state index is 0.175. The van der Waals surface area contributed by atoms with Crippen molar-refractivity contribution in [1.82, 2.24) is 20.1 Å². The molecular weight excluding hydrogens is 412 g/mol. The number of hydrogen-bond acceptors (Lipinski definition) is 4. The lowest BCUT2D eigenvalue weighted by Gasteiger charge is -2.09. The summed E-state index contributed by atoms with van der Waals surface area (Å²) in [6.45, 7) is 1.14. The van der Waals surface area contributed by atoms with Crippen molar-refractivity contribution < 1.29 is 9.21 Å². The Morgan fingerprint density at radius 2 is 1.64 bits per heavy atom. The fourth-order valence-corrected chi connectivity index (χ4v) is 3.62. The number of amides is 1. The van der Waals surface area contributed by atoms with Gasteiger partial charge in [0.05, 0.1) is 18.3 Å². The molecule has 162 valence electrons. The van der Waals surface area contributed by atoms with Crippen LogP contribution in [0.2, 0.25) is 0 Å². The SMILES string of the molecule is O=C(NCc1ccc(Cn2cccn2)cc1)c1ccccc1-c1ncc(-c2ccccc2)o1. The molecule has 5 aromatic rings. The maximum Gasteiger partial charge on any atom is 0.252 e. The summed E-state index contributed by atoms with van der Waals surface area (Å²) in [6.07, 6.45) is 5.38. The first kappa shape index (κ1) is 20.5. The van der Waals surface area contributed by atoms with Crippen molar-refractivity contribution in [2.75, 3.05) is 0 Å². The van der Waals surface area contributed by atoms with E-state index in [1.165, 1.54) is 0 Å². The van der Waals surface area contributed by atoms with E-state index in [-0.39, 0.29) is 5.91 Å². The lowest BCUT2D eigenvalue weighted by Crippen LogP contribution is -2.23. The molecule has 0 unspecified atom stereocenters. The molecule has 0 radical (unpaired) electrons. The zero-order valence-corrected chi connectivity index (χ0v) is 17.9. The summed E-state index contributed by atoms with van der Waals surface area (Å²) in [4.78, 5) is 17.4. The van der Waals surface area contributed by atoms with Crippen LogP contribution in [0.25, 0.3) is 22.8 Å². The molecule has 0 saturated heterocycles. The lowest BCUT2D eigenvalue weighted by molar-refractivity contribution is 0.0951. The van der Waals surface area contributed by atoms with E-state index in [2.05, 4.69) is 27.5 Å². The molecule has 0 bridgehead atoms. The van der Waals surface area contributed by atoms with Crippen LogP contribution in [0.1, 0.15) is 21.5 Å². The van der Waals surface area contributed by atoms with Crippen LogP contribution in [0.5, 0.6) is 0 Å². The Morgan fingerprint density at radius 1 is 0.879 bits per heavy atom. The zero-order chi connectivity index (χ0) is 22.5. The highest BCUT2D eigenvalue weighted by atomic mass is 16.4. The van der Waals surface area contributed by atoms with Gasteiger partial charge in [-0.3, -0.25) is 9.48 Å². The molecule has 0 saturated carbocycles. The molecule has 0 fully saturated rings. The van der Waals surface area contributed by atoms with Crippen molar-refractivity contribution in [3.8, 4) is 22.8 Å². The van der Waals surface area contributed by atoms with E-state index in [4.69, 9.17) is 4.42 Å². The predicted molar refractivity (Wildman–Crippen MR) is 126 cm³/mol. The first-order valence-corrected chi connectivity index (χ1v) is 10.7. The van der Waals surface area contributed by atoms with Crippen molar-refractivity contribution in [3.05, 3.63) is 120 Å². The molecule has 6 heteroatoms. The van der Waals surface area contributed by atoms with E-state index >= 15 is 0 Å². The molecule has 0 atom stereocenters. The molecule has 0 aliphatic carbocycles. The fraction of sp³-hybridized carbons (Fsp3) is 0.0741. The lowest BCUT2D eigenvalue weighted by atomic mass is 10.1. The number of oxazole rings is 1. The van der Waals surface area contributed by atoms with Gasteiger partial charge in [-0.25, -0.2) is 4.98 Å². The third-order valence-corrected chi connectivity index (χ3v) is 5.35. The quantitative estimate of drug-likeness (QED) is 0.383. The molecular formula is C27H22N4O2. The summed E-state index contributed by atoms with van der Waals surface area (Å²) >= 11 is 0. The smallest absolute Gasteiger partial charge is 0.252 e. The van der Waals surface area contributed by atoms with Gasteiger partial charge in [-0.15, -0.1) is 0 Å². The highest BCUT2D eigenvalue weighted by Crippen LogP contribution is 2.28. The van der Waals surface area contributed by atoms with Crippen LogP contribution in [0, 0.1) is 0 Å². The molecule has 6 nitrogen and oxygen atoms in total. The number of carbonyl (C=O) groups excluding carboxylic acids is 1. The summed E-state index contributed by atoms with van der Waals surface area (Å²) in [5.74, 6) is 0.907. The van der Waals surface area contributed by atoms with Gasteiger partial charge in [-0.05, 0) is 29.3 Å². The van der Waals surface area contributed by atoms with Gasteiger partial charge in [0.1, 0.15) is 0 Å². The standard InChI is InChI=1S/C27H22N4O2/c32-26(28-17-20-11-13-21(14-12-20)19-31-16-6-15-30-31)23-9-4-5-10-24(23)27-29-18-25(33-27)22-7-2-1-3-8-22/h1-16,18H,17,19H2,(H,28,32). The maximum atomic E-state index is 13.0. The summed E-state index contributed by atoms with van der Waals surface area (Å²) in [5, 5.41) is 7.23. The Hall–Kier alpha value is -4.45. The zero-order valence-electron chi connectivity index (χ0n) is 17.9. The molecule has 1 amide bonds. The number of benzene rings is 3. The molecule has 33 heavy (non-hydrogen) atoms. The minimum atomic E-state index is -0.175. The van der Waals surface area contributed by atoms with Crippen LogP contribution in [-0.2, 0) is 13.1 Å². The van der Waals surface area contributed by atoms with Gasteiger partial charge >= 0.3 is 0 Å². The van der Waals surface area contributed by atoms with Crippen LogP contribution in [0.15, 0.2) is 108 Å². The predicted octanol–water partition coefficient (Wildman–Crippen LogP) is 5.18. The Bertz CT molecular complexity index is 1340. The summed E-state index contributed by atoms with van der Waals surface area (Å²) in [7, 11) is 0. The molecule has 0 spiro atoms. The third-order valence-electron chi connectivity index (χ3n) is 5.35. The van der Waals surface area contributed by atoms with Crippen LogP contribution >= 0.6 is 0 Å². The summed E-state index contributed by atoms with van der Waals surface area (Å²) in [6, 6.07) is 27.2. The number of aromatic nitrogens is 3. The second-order valence-corrected chi connectivity index (χ2v) is 7.64. The van der Waals surface area contributed by atoms with E-state index in [1.54, 1.807) is 18.5 Å². The number of nitrogens with zero attached hydrogens (tertiary/aromatic N) is 3. The monoisotopic (exact) mass is 434 g/mol. The van der Waals surface area contributed by atoms with Crippen LogP contribution in [0.4, 0.5) is 0 Å². The topological polar surface area (TPSA) is 73.0 Å². The van der Waals surface area contributed by atoms with Crippen LogP contribution in [0.3, 0.4) is 0 Å². The first-order valence-electron chi connectivity index (χ1n) is 10.7. The summed E-state index contributed by atoms with van der Waals surface area (Å²) in [5.41, 5.74) is 4.29. The largest absolute Gasteiger partial charge is 0.436 e. The van der Waals surface area contributed by atoms with Gasteiger partial charge in [-0.1, -0.05) is 66.7 Å². The van der Waals surface area contributed by atoms with Gasteiger partial charge in [0.2, 0.25) is 5.89 Å². The molecule has 0 aliphatic heterocycles. The molecule has 0 aliphatic rings. The second-order valence-electron chi connectivity index (χ2n) is 7.64. The molecule has 1 N–H and O–H groups in total. The van der Waals surface area contributed by atoms with Crippen molar-refractivity contribution in [2.24, 2.45) is 0 Å². The Kier molecular flexibility index (Phi) is 5.80. The number of rotatable bonds is 7. The summed E-state index contributed by atoms with van der Waals surface area (Å²) < 4.78 is 7.84. The average molecular weight is 434 g/mol. The second kappa shape index (κ2) is 9.36. The first-order chi connectivity index (χ1) is 16.3. The molecule has 2 aromatic heterocycles. The highest BCUT2D eigenvalue weighted by Gasteiger charge is 2.16. The highest BCUT2D eigenvalue weighted by molar-refractivity contribution is 6.00. The van der Waals surface area contributed by atoms with Gasteiger partial charge in [0.25, 0.3) is 5.91 Å². The number of nitrogens with one attached hydrogen (secondary N) is 1. The van der Waals surface area contributed by atoms with E-state index in [0.29, 0.717) is 35.9 Å². The normalized spacial score (nSPS) is 10.8. The Balaban J connectivity index is 1.28. The Morgan fingerprint density at radius 3 is 2.42 bits per heavy atom. The minimum Gasteiger partial charge on any atom is -0.436 e. The molecule has 2 heterocycles. The molecule has 5 rings (SSSR count). The number of carbonyl (C=O) groups is 1. The van der Waals surface area contributed by atoms with Crippen molar-refractivity contribution in [3.63, 3.8) is 0 Å². The molecule has 3 aromatic carbocycles. The van der Waals surface area contributed by atoms with Crippen LogP contribution < -0.4 is 5.32 Å². The fourth-order valence-electron chi connectivity index (χ4n) is 3.62. The number of hydrogen-bond donors (Lipinski definition) is 1. The van der Waals surface area contributed by atoms with Crippen molar-refractivity contribution in [2.45, 2.75) is 13.1 Å². The Labute approximate surface area is 191 Å². The van der Waals surface area contributed by atoms with Crippen molar-refractivity contribution >= 4 is 5.91 Å². The average Bonchev–Trinajstić information content (AvgIpc) is 3.57. The van der Waals surface area contributed by atoms with Crippen molar-refractivity contribution in [1.29, 1.82) is 0 Å². The maximum absolute atomic E-state index is 13.0. The van der Waals surface area contributed by atoms with Gasteiger partial charge in [-0.2, -0.15) is 5.10 Å². The van der Waals surface area contributed by atoms with E-state index in [9.17, 15) is 4.79 Å². The van der Waals surface area contributed by atoms with E-state index in [0.717, 1.165) is 16.7 Å². The van der Waals surface area contributed by atoms with Gasteiger partial charge < -0.3 is 9.73 Å². The van der Waals surface area contributed by atoms with Gasteiger partial charge in [0.15, 0.2) is 5.76 Å². The van der Waals surface area contributed by atoms with E-state index in [1.807, 2.05) is 77.6 Å².